The number of rotatable bonds is 4. The minimum Gasteiger partial charge on any atom is -0.370 e. The largest absolute Gasteiger partial charge is 0.370 e. The SMILES string of the molecule is c1cc(NCCc2ccc3c(c2)CCS3)ncn1. The molecule has 2 heterocycles. The highest BCUT2D eigenvalue weighted by atomic mass is 32.2. The van der Waals surface area contributed by atoms with Crippen molar-refractivity contribution in [3.8, 4) is 0 Å². The van der Waals surface area contributed by atoms with Gasteiger partial charge in [0.05, 0.1) is 0 Å². The van der Waals surface area contributed by atoms with E-state index in [-0.39, 0.29) is 0 Å². The van der Waals surface area contributed by atoms with Gasteiger partial charge in [-0.25, -0.2) is 9.97 Å². The van der Waals surface area contributed by atoms with Gasteiger partial charge in [0.2, 0.25) is 0 Å². The van der Waals surface area contributed by atoms with Crippen molar-refractivity contribution in [2.75, 3.05) is 17.6 Å². The maximum Gasteiger partial charge on any atom is 0.129 e. The molecule has 0 saturated carbocycles. The normalized spacial score (nSPS) is 13.3. The summed E-state index contributed by atoms with van der Waals surface area (Å²) in [7, 11) is 0. The van der Waals surface area contributed by atoms with Crippen LogP contribution in [-0.2, 0) is 12.8 Å². The third-order valence-corrected chi connectivity index (χ3v) is 4.17. The number of fused-ring (bicyclic) bond motifs is 1. The van der Waals surface area contributed by atoms with Crippen molar-refractivity contribution in [2.45, 2.75) is 17.7 Å². The number of aryl methyl sites for hydroxylation is 1. The lowest BCUT2D eigenvalue weighted by molar-refractivity contribution is 0.987. The highest BCUT2D eigenvalue weighted by Gasteiger charge is 2.11. The Hall–Kier alpha value is -1.55. The second-order valence-corrected chi connectivity index (χ2v) is 5.45. The minimum absolute atomic E-state index is 0.890. The number of aromatic nitrogens is 2. The Morgan fingerprint density at radius 1 is 1.28 bits per heavy atom. The second-order valence-electron chi connectivity index (χ2n) is 4.31. The highest BCUT2D eigenvalue weighted by molar-refractivity contribution is 7.99. The van der Waals surface area contributed by atoms with E-state index in [2.05, 4.69) is 33.5 Å². The summed E-state index contributed by atoms with van der Waals surface area (Å²) in [5.41, 5.74) is 2.91. The van der Waals surface area contributed by atoms with Crippen molar-refractivity contribution < 1.29 is 0 Å². The summed E-state index contributed by atoms with van der Waals surface area (Å²) in [4.78, 5) is 9.50. The van der Waals surface area contributed by atoms with E-state index < -0.39 is 0 Å². The Balaban J connectivity index is 1.57. The molecule has 0 atom stereocenters. The number of benzene rings is 1. The molecule has 1 aromatic carbocycles. The van der Waals surface area contributed by atoms with Crippen LogP contribution in [0.15, 0.2) is 41.7 Å². The summed E-state index contributed by atoms with van der Waals surface area (Å²) in [5.74, 6) is 2.12. The molecule has 18 heavy (non-hydrogen) atoms. The average molecular weight is 257 g/mol. The Morgan fingerprint density at radius 2 is 2.28 bits per heavy atom. The summed E-state index contributed by atoms with van der Waals surface area (Å²) in [6.07, 6.45) is 5.56. The van der Waals surface area contributed by atoms with E-state index in [4.69, 9.17) is 0 Å². The highest BCUT2D eigenvalue weighted by Crippen LogP contribution is 2.31. The Bertz CT molecular complexity index is 528. The Labute approximate surface area is 111 Å². The maximum atomic E-state index is 4.14. The van der Waals surface area contributed by atoms with Crippen LogP contribution < -0.4 is 5.32 Å². The molecule has 4 heteroatoms. The summed E-state index contributed by atoms with van der Waals surface area (Å²) in [6, 6.07) is 8.72. The van der Waals surface area contributed by atoms with Gasteiger partial charge in [0.25, 0.3) is 0 Å². The molecule has 2 aromatic rings. The molecule has 0 aliphatic carbocycles. The van der Waals surface area contributed by atoms with Gasteiger partial charge in [-0.3, -0.25) is 0 Å². The van der Waals surface area contributed by atoms with Gasteiger partial charge in [0, 0.05) is 23.4 Å². The zero-order valence-electron chi connectivity index (χ0n) is 10.1. The van der Waals surface area contributed by atoms with E-state index in [0.29, 0.717) is 0 Å². The number of hydrogen-bond acceptors (Lipinski definition) is 4. The lowest BCUT2D eigenvalue weighted by Gasteiger charge is -2.06. The van der Waals surface area contributed by atoms with Crippen LogP contribution in [0.2, 0.25) is 0 Å². The van der Waals surface area contributed by atoms with Crippen LogP contribution in [0.25, 0.3) is 0 Å². The Kier molecular flexibility index (Phi) is 3.46. The molecule has 1 aliphatic heterocycles. The van der Waals surface area contributed by atoms with Crippen LogP contribution in [0.3, 0.4) is 0 Å². The first-order chi connectivity index (χ1) is 8.92. The van der Waals surface area contributed by atoms with Gasteiger partial charge >= 0.3 is 0 Å². The molecule has 0 radical (unpaired) electrons. The van der Waals surface area contributed by atoms with Crippen LogP contribution in [0.4, 0.5) is 5.82 Å². The third-order valence-electron chi connectivity index (χ3n) is 3.06. The Morgan fingerprint density at radius 3 is 3.17 bits per heavy atom. The first kappa shape index (κ1) is 11.5. The lowest BCUT2D eigenvalue weighted by atomic mass is 10.1. The molecule has 92 valence electrons. The van der Waals surface area contributed by atoms with Crippen molar-refractivity contribution in [1.82, 2.24) is 9.97 Å². The predicted octanol–water partition coefficient (Wildman–Crippen LogP) is 2.78. The molecule has 3 nitrogen and oxygen atoms in total. The summed E-state index contributed by atoms with van der Waals surface area (Å²) in [6.45, 7) is 0.906. The molecule has 1 N–H and O–H groups in total. The van der Waals surface area contributed by atoms with Crippen molar-refractivity contribution in [3.05, 3.63) is 47.9 Å². The predicted molar refractivity (Wildman–Crippen MR) is 75.1 cm³/mol. The van der Waals surface area contributed by atoms with Crippen LogP contribution in [0.5, 0.6) is 0 Å². The average Bonchev–Trinajstić information content (AvgIpc) is 2.87. The summed E-state index contributed by atoms with van der Waals surface area (Å²) in [5, 5.41) is 3.30. The smallest absolute Gasteiger partial charge is 0.129 e. The maximum absolute atomic E-state index is 4.14. The lowest BCUT2D eigenvalue weighted by Crippen LogP contribution is -2.06. The van der Waals surface area contributed by atoms with Crippen molar-refractivity contribution in [1.29, 1.82) is 0 Å². The molecule has 0 spiro atoms. The standard InChI is InChI=1S/C14H15N3S/c1-2-13-12(5-8-18-13)9-11(1)3-7-16-14-4-6-15-10-17-14/h1-2,4,6,9-10H,3,5,7-8H2,(H,15,16,17). The first-order valence-electron chi connectivity index (χ1n) is 6.16. The molecule has 3 rings (SSSR count). The van der Waals surface area contributed by atoms with E-state index in [1.807, 2.05) is 17.8 Å². The van der Waals surface area contributed by atoms with E-state index in [1.165, 1.54) is 28.2 Å². The van der Waals surface area contributed by atoms with Crippen molar-refractivity contribution in [3.63, 3.8) is 0 Å². The molecule has 0 unspecified atom stereocenters. The van der Waals surface area contributed by atoms with Gasteiger partial charge in [-0.2, -0.15) is 0 Å². The quantitative estimate of drug-likeness (QED) is 0.914. The molecule has 0 amide bonds. The first-order valence-corrected chi connectivity index (χ1v) is 7.15. The number of anilines is 1. The van der Waals surface area contributed by atoms with E-state index >= 15 is 0 Å². The molecule has 1 aliphatic rings. The van der Waals surface area contributed by atoms with Crippen molar-refractivity contribution >= 4 is 17.6 Å². The molecule has 0 saturated heterocycles. The zero-order chi connectivity index (χ0) is 12.2. The number of nitrogens with zero attached hydrogens (tertiary/aromatic N) is 2. The van der Waals surface area contributed by atoms with Crippen molar-refractivity contribution in [2.24, 2.45) is 0 Å². The molecule has 0 fully saturated rings. The van der Waals surface area contributed by atoms with Crippen LogP contribution in [0.1, 0.15) is 11.1 Å². The monoisotopic (exact) mass is 257 g/mol. The van der Waals surface area contributed by atoms with E-state index in [1.54, 1.807) is 12.5 Å². The number of thioether (sulfide) groups is 1. The molecular weight excluding hydrogens is 242 g/mol. The fraction of sp³-hybridized carbons (Fsp3) is 0.286. The van der Waals surface area contributed by atoms with E-state index in [0.717, 1.165) is 18.8 Å². The van der Waals surface area contributed by atoms with Crippen LogP contribution in [-0.4, -0.2) is 22.3 Å². The zero-order valence-corrected chi connectivity index (χ0v) is 10.9. The fourth-order valence-electron chi connectivity index (χ4n) is 2.13. The van der Waals surface area contributed by atoms with Crippen LogP contribution >= 0.6 is 11.8 Å². The van der Waals surface area contributed by atoms with Gasteiger partial charge in [0.1, 0.15) is 12.1 Å². The van der Waals surface area contributed by atoms with Crippen LogP contribution in [0, 0.1) is 0 Å². The minimum atomic E-state index is 0.890. The summed E-state index contributed by atoms with van der Waals surface area (Å²) < 4.78 is 0. The van der Waals surface area contributed by atoms with Gasteiger partial charge in [0.15, 0.2) is 0 Å². The second kappa shape index (κ2) is 5.40. The topological polar surface area (TPSA) is 37.8 Å². The van der Waals surface area contributed by atoms with Gasteiger partial charge < -0.3 is 5.32 Å². The molecular formula is C14H15N3S. The van der Waals surface area contributed by atoms with Gasteiger partial charge in [-0.05, 0) is 36.1 Å². The fourth-order valence-corrected chi connectivity index (χ4v) is 3.18. The number of hydrogen-bond donors (Lipinski definition) is 1. The number of nitrogens with one attached hydrogen (secondary N) is 1. The summed E-state index contributed by atoms with van der Waals surface area (Å²) >= 11 is 1.96. The molecule has 1 aromatic heterocycles. The third kappa shape index (κ3) is 2.64. The molecule has 0 bridgehead atoms. The van der Waals surface area contributed by atoms with E-state index in [9.17, 15) is 0 Å². The van der Waals surface area contributed by atoms with Gasteiger partial charge in [-0.15, -0.1) is 11.8 Å². The van der Waals surface area contributed by atoms with Gasteiger partial charge in [-0.1, -0.05) is 12.1 Å².